The van der Waals surface area contributed by atoms with Crippen LogP contribution in [0.1, 0.15) is 25.1 Å². The van der Waals surface area contributed by atoms with Crippen molar-refractivity contribution in [2.24, 2.45) is 4.99 Å². The molecule has 2 aromatic rings. The molecule has 0 bridgehead atoms. The molecule has 27 heavy (non-hydrogen) atoms. The van der Waals surface area contributed by atoms with Gasteiger partial charge < -0.3 is 20.1 Å². The molecule has 0 aliphatic carbocycles. The summed E-state index contributed by atoms with van der Waals surface area (Å²) in [6, 6.07) is 11.8. The van der Waals surface area contributed by atoms with Crippen molar-refractivity contribution in [3.63, 3.8) is 0 Å². The predicted molar refractivity (Wildman–Crippen MR) is 110 cm³/mol. The van der Waals surface area contributed by atoms with Crippen molar-refractivity contribution in [3.05, 3.63) is 53.9 Å². The second-order valence-corrected chi connectivity index (χ2v) is 6.28. The zero-order valence-electron chi connectivity index (χ0n) is 16.7. The van der Waals surface area contributed by atoms with Crippen LogP contribution < -0.4 is 20.1 Å². The van der Waals surface area contributed by atoms with Gasteiger partial charge in [0.1, 0.15) is 6.10 Å². The number of nitrogens with one attached hydrogen (secondary N) is 2. The number of para-hydroxylation sites is 2. The number of aromatic nitrogens is 1. The summed E-state index contributed by atoms with van der Waals surface area (Å²) >= 11 is 0. The summed E-state index contributed by atoms with van der Waals surface area (Å²) < 4.78 is 11.3. The van der Waals surface area contributed by atoms with E-state index in [-0.39, 0.29) is 6.10 Å². The molecule has 0 spiro atoms. The van der Waals surface area contributed by atoms with Crippen LogP contribution >= 0.6 is 0 Å². The highest BCUT2D eigenvalue weighted by molar-refractivity contribution is 5.79. The molecule has 1 aromatic carbocycles. The molecule has 0 aliphatic heterocycles. The van der Waals surface area contributed by atoms with Crippen LogP contribution in [-0.4, -0.2) is 43.8 Å². The fraction of sp³-hybridized carbons (Fsp3) is 0.429. The summed E-state index contributed by atoms with van der Waals surface area (Å²) in [5.74, 6) is 2.24. The molecule has 2 rings (SSSR count). The maximum absolute atomic E-state index is 5.95. The lowest BCUT2D eigenvalue weighted by atomic mass is 10.2. The third kappa shape index (κ3) is 7.17. The third-order valence-electron chi connectivity index (χ3n) is 3.93. The Morgan fingerprint density at radius 2 is 1.93 bits per heavy atom. The minimum absolute atomic E-state index is 0.0712. The topological polar surface area (TPSA) is 67.8 Å². The normalized spacial score (nSPS) is 12.4. The zero-order valence-corrected chi connectivity index (χ0v) is 16.7. The number of ether oxygens (including phenoxy) is 2. The Balaban J connectivity index is 1.85. The molecule has 0 aliphatic rings. The van der Waals surface area contributed by atoms with Gasteiger partial charge in [-0.3, -0.25) is 4.98 Å². The van der Waals surface area contributed by atoms with Gasteiger partial charge in [-0.25, -0.2) is 4.99 Å². The molecule has 0 saturated carbocycles. The van der Waals surface area contributed by atoms with Gasteiger partial charge in [-0.2, -0.15) is 0 Å². The van der Waals surface area contributed by atoms with Gasteiger partial charge in [-0.05, 0) is 51.0 Å². The van der Waals surface area contributed by atoms with E-state index in [9.17, 15) is 0 Å². The highest BCUT2D eigenvalue weighted by atomic mass is 16.5. The number of aliphatic imine (C=N–C) groups is 1. The number of aryl methyl sites for hydroxylation is 1. The largest absolute Gasteiger partial charge is 0.493 e. The van der Waals surface area contributed by atoms with E-state index in [4.69, 9.17) is 9.47 Å². The molecule has 1 atom stereocenters. The van der Waals surface area contributed by atoms with E-state index in [1.807, 2.05) is 50.4 Å². The van der Waals surface area contributed by atoms with E-state index in [0.29, 0.717) is 6.54 Å². The van der Waals surface area contributed by atoms with Gasteiger partial charge in [0, 0.05) is 25.0 Å². The Kier molecular flexibility index (Phi) is 8.42. The van der Waals surface area contributed by atoms with Gasteiger partial charge in [-0.1, -0.05) is 18.2 Å². The van der Waals surface area contributed by atoms with E-state index in [1.54, 1.807) is 7.11 Å². The summed E-state index contributed by atoms with van der Waals surface area (Å²) in [5.41, 5.74) is 2.24. The van der Waals surface area contributed by atoms with E-state index in [1.165, 1.54) is 5.56 Å². The van der Waals surface area contributed by atoms with Gasteiger partial charge in [0.2, 0.25) is 0 Å². The highest BCUT2D eigenvalue weighted by Crippen LogP contribution is 2.26. The lowest BCUT2D eigenvalue weighted by Crippen LogP contribution is -2.39. The van der Waals surface area contributed by atoms with Gasteiger partial charge in [0.05, 0.1) is 13.7 Å². The van der Waals surface area contributed by atoms with Crippen molar-refractivity contribution in [1.29, 1.82) is 0 Å². The molecule has 1 aromatic heterocycles. The number of hydrogen-bond donors (Lipinski definition) is 2. The molecule has 0 amide bonds. The van der Waals surface area contributed by atoms with Crippen LogP contribution in [0.25, 0.3) is 0 Å². The molecule has 1 unspecified atom stereocenters. The van der Waals surface area contributed by atoms with Crippen molar-refractivity contribution in [1.82, 2.24) is 15.6 Å². The minimum atomic E-state index is -0.0712. The van der Waals surface area contributed by atoms with E-state index in [2.05, 4.69) is 33.6 Å². The van der Waals surface area contributed by atoms with Crippen molar-refractivity contribution < 1.29 is 9.47 Å². The van der Waals surface area contributed by atoms with Gasteiger partial charge in [0.15, 0.2) is 17.5 Å². The lowest BCUT2D eigenvalue weighted by molar-refractivity contribution is 0.219. The molecule has 146 valence electrons. The first-order valence-corrected chi connectivity index (χ1v) is 9.35. The van der Waals surface area contributed by atoms with Crippen molar-refractivity contribution in [2.75, 3.05) is 26.7 Å². The van der Waals surface area contributed by atoms with E-state index in [0.717, 1.165) is 42.7 Å². The van der Waals surface area contributed by atoms with Crippen LogP contribution in [0.2, 0.25) is 0 Å². The quantitative estimate of drug-likeness (QED) is 0.525. The Labute approximate surface area is 162 Å². The van der Waals surface area contributed by atoms with Gasteiger partial charge >= 0.3 is 0 Å². The van der Waals surface area contributed by atoms with E-state index < -0.39 is 0 Å². The molecule has 1 heterocycles. The number of hydrogen-bond acceptors (Lipinski definition) is 4. The lowest BCUT2D eigenvalue weighted by Gasteiger charge is -2.16. The van der Waals surface area contributed by atoms with E-state index >= 15 is 0 Å². The Hall–Kier alpha value is -2.76. The van der Waals surface area contributed by atoms with Crippen molar-refractivity contribution >= 4 is 5.96 Å². The number of benzene rings is 1. The predicted octanol–water partition coefficient (Wildman–Crippen LogP) is 2.96. The Morgan fingerprint density at radius 3 is 2.59 bits per heavy atom. The van der Waals surface area contributed by atoms with Gasteiger partial charge in [0.25, 0.3) is 0 Å². The third-order valence-corrected chi connectivity index (χ3v) is 3.93. The van der Waals surface area contributed by atoms with Crippen molar-refractivity contribution in [2.45, 2.75) is 33.3 Å². The second kappa shape index (κ2) is 11.1. The standard InChI is InChI=1S/C21H30N4O2/c1-5-22-21(23-13-12-18-11-10-16(2)24-15-18)25-14-17(3)27-20-9-7-6-8-19(20)26-4/h6-11,15,17H,5,12-14H2,1-4H3,(H2,22,23,25). The number of methoxy groups -OCH3 is 1. The first-order chi connectivity index (χ1) is 13.1. The van der Waals surface area contributed by atoms with Crippen LogP contribution in [0.3, 0.4) is 0 Å². The summed E-state index contributed by atoms with van der Waals surface area (Å²) in [5, 5.41) is 6.62. The number of rotatable bonds is 9. The Bertz CT molecular complexity index is 716. The van der Waals surface area contributed by atoms with Gasteiger partial charge in [-0.15, -0.1) is 0 Å². The smallest absolute Gasteiger partial charge is 0.191 e. The van der Waals surface area contributed by atoms with Crippen LogP contribution in [0.4, 0.5) is 0 Å². The molecule has 0 fully saturated rings. The first-order valence-electron chi connectivity index (χ1n) is 9.35. The first kappa shape index (κ1) is 20.6. The summed E-state index contributed by atoms with van der Waals surface area (Å²) in [6.45, 7) is 8.18. The van der Waals surface area contributed by atoms with Crippen LogP contribution in [0.15, 0.2) is 47.6 Å². The molecular formula is C21H30N4O2. The summed E-state index contributed by atoms with van der Waals surface area (Å²) in [6.07, 6.45) is 2.74. The minimum Gasteiger partial charge on any atom is -0.493 e. The summed E-state index contributed by atoms with van der Waals surface area (Å²) in [4.78, 5) is 8.95. The maximum Gasteiger partial charge on any atom is 0.191 e. The molecule has 6 heteroatoms. The van der Waals surface area contributed by atoms with Crippen molar-refractivity contribution in [3.8, 4) is 11.5 Å². The van der Waals surface area contributed by atoms with Crippen LogP contribution in [-0.2, 0) is 6.42 Å². The second-order valence-electron chi connectivity index (χ2n) is 6.28. The zero-order chi connectivity index (χ0) is 19.5. The molecule has 0 saturated heterocycles. The summed E-state index contributed by atoms with van der Waals surface area (Å²) in [7, 11) is 1.64. The SMILES string of the molecule is CCNC(=NCC(C)Oc1ccccc1OC)NCCc1ccc(C)nc1. The average Bonchev–Trinajstić information content (AvgIpc) is 2.68. The average molecular weight is 370 g/mol. The fourth-order valence-corrected chi connectivity index (χ4v) is 2.50. The fourth-order valence-electron chi connectivity index (χ4n) is 2.50. The number of pyridine rings is 1. The molecule has 0 radical (unpaired) electrons. The molecule has 2 N–H and O–H groups in total. The number of nitrogens with zero attached hydrogens (tertiary/aromatic N) is 2. The molecule has 6 nitrogen and oxygen atoms in total. The monoisotopic (exact) mass is 370 g/mol. The maximum atomic E-state index is 5.95. The number of guanidine groups is 1. The highest BCUT2D eigenvalue weighted by Gasteiger charge is 2.08. The molecular weight excluding hydrogens is 340 g/mol. The van der Waals surface area contributed by atoms with Crippen LogP contribution in [0, 0.1) is 6.92 Å². The van der Waals surface area contributed by atoms with Crippen LogP contribution in [0.5, 0.6) is 11.5 Å². The Morgan fingerprint density at radius 1 is 1.15 bits per heavy atom.